The number of aromatic amines is 1. The first-order chi connectivity index (χ1) is 11.7. The Kier molecular flexibility index (Phi) is 4.71. The summed E-state index contributed by atoms with van der Waals surface area (Å²) in [6, 6.07) is 10.9. The Labute approximate surface area is 137 Å². The van der Waals surface area contributed by atoms with Gasteiger partial charge in [-0.3, -0.25) is 14.6 Å². The van der Waals surface area contributed by atoms with E-state index in [1.165, 1.54) is 6.21 Å². The number of hydrazone groups is 1. The normalized spacial score (nSPS) is 11.0. The number of nitrogens with one attached hydrogen (secondary N) is 2. The highest BCUT2D eigenvalue weighted by molar-refractivity contribution is 5.82. The van der Waals surface area contributed by atoms with Crippen LogP contribution < -0.4 is 11.0 Å². The number of hydrogen-bond donors (Lipinski definition) is 2. The fraction of sp³-hybridized carbons (Fsp3) is 0.118. The molecule has 2 aromatic heterocycles. The minimum absolute atomic E-state index is 0.124. The minimum atomic E-state index is -0.288. The highest BCUT2D eigenvalue weighted by atomic mass is 16.2. The van der Waals surface area contributed by atoms with Gasteiger partial charge in [0, 0.05) is 30.8 Å². The number of fused-ring (bicyclic) bond motifs is 1. The van der Waals surface area contributed by atoms with E-state index in [2.05, 4.69) is 25.5 Å². The number of carbonyl (C=O) groups is 1. The van der Waals surface area contributed by atoms with E-state index in [1.54, 1.807) is 24.5 Å². The third kappa shape index (κ3) is 3.89. The van der Waals surface area contributed by atoms with Crippen molar-refractivity contribution in [2.75, 3.05) is 0 Å². The van der Waals surface area contributed by atoms with Gasteiger partial charge in [0.15, 0.2) is 0 Å². The summed E-state index contributed by atoms with van der Waals surface area (Å²) in [6.45, 7) is 0. The van der Waals surface area contributed by atoms with Crippen molar-refractivity contribution in [3.63, 3.8) is 0 Å². The van der Waals surface area contributed by atoms with Crippen LogP contribution in [0.25, 0.3) is 11.0 Å². The summed E-state index contributed by atoms with van der Waals surface area (Å²) in [7, 11) is 0. The molecular weight excluding hydrogens is 306 g/mol. The van der Waals surface area contributed by atoms with Crippen LogP contribution in [0.1, 0.15) is 17.7 Å². The molecule has 0 saturated heterocycles. The van der Waals surface area contributed by atoms with Gasteiger partial charge in [-0.15, -0.1) is 0 Å². The first kappa shape index (κ1) is 15.5. The van der Waals surface area contributed by atoms with Crippen molar-refractivity contribution in [1.82, 2.24) is 20.4 Å². The number of H-pyrrole nitrogens is 1. The van der Waals surface area contributed by atoms with Crippen LogP contribution in [0.3, 0.4) is 0 Å². The van der Waals surface area contributed by atoms with E-state index in [1.807, 2.05) is 24.3 Å². The summed E-state index contributed by atoms with van der Waals surface area (Å²) in [6.07, 6.45) is 5.16. The molecule has 0 fully saturated rings. The first-order valence-electron chi connectivity index (χ1n) is 7.42. The van der Waals surface area contributed by atoms with E-state index in [-0.39, 0.29) is 24.3 Å². The number of aromatic nitrogens is 3. The van der Waals surface area contributed by atoms with E-state index < -0.39 is 0 Å². The number of nitrogens with zero attached hydrogens (tertiary/aromatic N) is 3. The fourth-order valence-electron chi connectivity index (χ4n) is 2.16. The number of hydrogen-bond acceptors (Lipinski definition) is 5. The molecule has 2 heterocycles. The molecule has 7 nitrogen and oxygen atoms in total. The molecule has 3 aromatic rings. The lowest BCUT2D eigenvalue weighted by Gasteiger charge is -2.02. The van der Waals surface area contributed by atoms with Gasteiger partial charge in [0.2, 0.25) is 5.91 Å². The second-order valence-corrected chi connectivity index (χ2v) is 5.11. The predicted octanol–water partition coefficient (Wildman–Crippen LogP) is 1.40. The molecule has 1 aromatic carbocycles. The van der Waals surface area contributed by atoms with Crippen LogP contribution in [-0.2, 0) is 11.2 Å². The molecule has 0 bridgehead atoms. The lowest BCUT2D eigenvalue weighted by molar-refractivity contribution is -0.121. The van der Waals surface area contributed by atoms with Crippen LogP contribution >= 0.6 is 0 Å². The van der Waals surface area contributed by atoms with E-state index in [9.17, 15) is 9.59 Å². The average Bonchev–Trinajstić information content (AvgIpc) is 2.61. The Bertz CT molecular complexity index is 934. The molecule has 0 aliphatic rings. The zero-order valence-corrected chi connectivity index (χ0v) is 12.8. The van der Waals surface area contributed by atoms with Crippen LogP contribution in [-0.4, -0.2) is 27.1 Å². The van der Waals surface area contributed by atoms with Crippen LogP contribution in [0.4, 0.5) is 0 Å². The lowest BCUT2D eigenvalue weighted by atomic mass is 10.2. The third-order valence-corrected chi connectivity index (χ3v) is 3.35. The molecule has 0 atom stereocenters. The summed E-state index contributed by atoms with van der Waals surface area (Å²) >= 11 is 0. The molecule has 3 rings (SSSR count). The molecule has 2 N–H and O–H groups in total. The van der Waals surface area contributed by atoms with Gasteiger partial charge < -0.3 is 4.98 Å². The zero-order chi connectivity index (χ0) is 16.8. The smallest absolute Gasteiger partial charge is 0.270 e. The Balaban J connectivity index is 1.59. The van der Waals surface area contributed by atoms with Crippen molar-refractivity contribution in [3.8, 4) is 0 Å². The maximum Gasteiger partial charge on any atom is 0.270 e. The van der Waals surface area contributed by atoms with Gasteiger partial charge in [-0.25, -0.2) is 10.4 Å². The molecule has 1 amide bonds. The van der Waals surface area contributed by atoms with Crippen molar-refractivity contribution in [3.05, 3.63) is 70.4 Å². The number of amides is 1. The number of para-hydroxylation sites is 2. The quantitative estimate of drug-likeness (QED) is 0.548. The molecule has 0 unspecified atom stereocenters. The maximum absolute atomic E-state index is 12.0. The van der Waals surface area contributed by atoms with Gasteiger partial charge in [0.25, 0.3) is 5.56 Å². The lowest BCUT2D eigenvalue weighted by Crippen LogP contribution is -2.21. The van der Waals surface area contributed by atoms with Crippen LogP contribution in [0.2, 0.25) is 0 Å². The number of benzene rings is 1. The fourth-order valence-corrected chi connectivity index (χ4v) is 2.16. The highest BCUT2D eigenvalue weighted by Crippen LogP contribution is 2.06. The second kappa shape index (κ2) is 7.28. The van der Waals surface area contributed by atoms with Crippen molar-refractivity contribution < 1.29 is 4.79 Å². The molecule has 0 spiro atoms. The summed E-state index contributed by atoms with van der Waals surface area (Å²) in [4.78, 5) is 34.8. The Hall–Kier alpha value is -3.35. The number of aryl methyl sites for hydroxylation is 1. The SMILES string of the molecule is O=C(CCc1nc2ccccc2[nH]c1=O)N/N=C\c1cccnc1. The van der Waals surface area contributed by atoms with E-state index >= 15 is 0 Å². The van der Waals surface area contributed by atoms with Crippen molar-refractivity contribution in [2.45, 2.75) is 12.8 Å². The van der Waals surface area contributed by atoms with Crippen molar-refractivity contribution in [1.29, 1.82) is 0 Å². The molecule has 0 aliphatic carbocycles. The third-order valence-electron chi connectivity index (χ3n) is 3.35. The monoisotopic (exact) mass is 321 g/mol. The maximum atomic E-state index is 12.0. The van der Waals surface area contributed by atoms with Gasteiger partial charge in [-0.1, -0.05) is 18.2 Å². The van der Waals surface area contributed by atoms with E-state index in [0.717, 1.165) is 5.56 Å². The summed E-state index contributed by atoms with van der Waals surface area (Å²) in [5, 5.41) is 3.86. The van der Waals surface area contributed by atoms with Crippen molar-refractivity contribution in [2.24, 2.45) is 5.10 Å². The predicted molar refractivity (Wildman–Crippen MR) is 90.7 cm³/mol. The van der Waals surface area contributed by atoms with Gasteiger partial charge in [-0.05, 0) is 18.2 Å². The number of pyridine rings is 1. The largest absolute Gasteiger partial charge is 0.319 e. The van der Waals surface area contributed by atoms with E-state index in [0.29, 0.717) is 16.7 Å². The first-order valence-corrected chi connectivity index (χ1v) is 7.42. The summed E-state index contributed by atoms with van der Waals surface area (Å²) in [5.74, 6) is -0.288. The Morgan fingerprint density at radius 3 is 2.96 bits per heavy atom. The summed E-state index contributed by atoms with van der Waals surface area (Å²) in [5.41, 5.74) is 4.63. The van der Waals surface area contributed by atoms with Gasteiger partial charge in [-0.2, -0.15) is 5.10 Å². The second-order valence-electron chi connectivity index (χ2n) is 5.11. The van der Waals surface area contributed by atoms with Crippen LogP contribution in [0, 0.1) is 0 Å². The average molecular weight is 321 g/mol. The van der Waals surface area contributed by atoms with Crippen molar-refractivity contribution >= 4 is 23.2 Å². The molecule has 0 radical (unpaired) electrons. The molecule has 7 heteroatoms. The van der Waals surface area contributed by atoms with Gasteiger partial charge in [0.05, 0.1) is 17.2 Å². The Morgan fingerprint density at radius 1 is 1.25 bits per heavy atom. The molecule has 24 heavy (non-hydrogen) atoms. The number of rotatable bonds is 5. The summed E-state index contributed by atoms with van der Waals surface area (Å²) < 4.78 is 0. The molecule has 0 saturated carbocycles. The zero-order valence-electron chi connectivity index (χ0n) is 12.8. The minimum Gasteiger partial charge on any atom is -0.319 e. The molecular formula is C17H15N5O2. The standard InChI is InChI=1S/C17H15N5O2/c23-16(22-19-11-12-4-3-9-18-10-12)8-7-15-17(24)21-14-6-2-1-5-13(14)20-15/h1-6,9-11H,7-8H2,(H,21,24)(H,22,23)/b19-11-. The highest BCUT2D eigenvalue weighted by Gasteiger charge is 2.07. The van der Waals surface area contributed by atoms with E-state index in [4.69, 9.17) is 0 Å². The topological polar surface area (TPSA) is 100 Å². The molecule has 0 aliphatic heterocycles. The molecule has 120 valence electrons. The Morgan fingerprint density at radius 2 is 2.12 bits per heavy atom. The van der Waals surface area contributed by atoms with Gasteiger partial charge >= 0.3 is 0 Å². The number of carbonyl (C=O) groups excluding carboxylic acids is 1. The van der Waals surface area contributed by atoms with Crippen LogP contribution in [0.15, 0.2) is 58.7 Å². The van der Waals surface area contributed by atoms with Crippen LogP contribution in [0.5, 0.6) is 0 Å². The van der Waals surface area contributed by atoms with Gasteiger partial charge in [0.1, 0.15) is 5.69 Å².